The molecule has 1 atom stereocenters. The molecule has 2 N–H and O–H groups in total. The van der Waals surface area contributed by atoms with E-state index < -0.39 is 0 Å². The summed E-state index contributed by atoms with van der Waals surface area (Å²) < 4.78 is 0. The highest BCUT2D eigenvalue weighted by molar-refractivity contribution is 5.96. The smallest absolute Gasteiger partial charge is 0.251 e. The van der Waals surface area contributed by atoms with Gasteiger partial charge in [0, 0.05) is 17.7 Å². The molecule has 0 heterocycles. The molecule has 0 aliphatic rings. The first-order chi connectivity index (χ1) is 11.1. The summed E-state index contributed by atoms with van der Waals surface area (Å²) in [6.45, 7) is 3.91. The second kappa shape index (κ2) is 8.13. The van der Waals surface area contributed by atoms with Crippen LogP contribution in [0.25, 0.3) is 0 Å². The number of benzene rings is 2. The number of rotatable bonds is 6. The van der Waals surface area contributed by atoms with Crippen LogP contribution < -0.4 is 10.6 Å². The molecule has 120 valence electrons. The molecule has 0 aliphatic carbocycles. The standard InChI is InChI=1S/C19H22N2O2/c1-3-7-18(22)21-17-12-10-16(11-13-17)19(23)20-14(2)15-8-5-4-6-9-15/h4-6,8-14H,3,7H2,1-2H3,(H,20,23)(H,21,22). The van der Waals surface area contributed by atoms with E-state index in [1.54, 1.807) is 24.3 Å². The maximum absolute atomic E-state index is 12.3. The summed E-state index contributed by atoms with van der Waals surface area (Å²) >= 11 is 0. The third-order valence-corrected chi connectivity index (χ3v) is 3.56. The predicted molar refractivity (Wildman–Crippen MR) is 92.3 cm³/mol. The highest BCUT2D eigenvalue weighted by Crippen LogP contribution is 2.14. The van der Waals surface area contributed by atoms with Crippen LogP contribution in [-0.4, -0.2) is 11.8 Å². The van der Waals surface area contributed by atoms with Crippen LogP contribution in [0.2, 0.25) is 0 Å². The highest BCUT2D eigenvalue weighted by atomic mass is 16.2. The number of hydrogen-bond donors (Lipinski definition) is 2. The fraction of sp³-hybridized carbons (Fsp3) is 0.263. The van der Waals surface area contributed by atoms with E-state index in [2.05, 4.69) is 10.6 Å². The molecule has 2 aromatic rings. The molecule has 0 bridgehead atoms. The van der Waals surface area contributed by atoms with Crippen molar-refractivity contribution in [3.63, 3.8) is 0 Å². The Hall–Kier alpha value is -2.62. The average molecular weight is 310 g/mol. The lowest BCUT2D eigenvalue weighted by atomic mass is 10.1. The summed E-state index contributed by atoms with van der Waals surface area (Å²) in [5, 5.41) is 5.77. The topological polar surface area (TPSA) is 58.2 Å². The summed E-state index contributed by atoms with van der Waals surface area (Å²) in [6, 6.07) is 16.7. The average Bonchev–Trinajstić information content (AvgIpc) is 2.56. The zero-order valence-corrected chi connectivity index (χ0v) is 13.5. The maximum Gasteiger partial charge on any atom is 0.251 e. The second-order valence-electron chi connectivity index (χ2n) is 5.48. The zero-order chi connectivity index (χ0) is 16.7. The molecule has 0 aromatic heterocycles. The van der Waals surface area contributed by atoms with E-state index in [0.29, 0.717) is 17.7 Å². The van der Waals surface area contributed by atoms with Crippen LogP contribution in [-0.2, 0) is 4.79 Å². The van der Waals surface area contributed by atoms with Gasteiger partial charge in [0.2, 0.25) is 5.91 Å². The van der Waals surface area contributed by atoms with Gasteiger partial charge in [-0.05, 0) is 43.2 Å². The predicted octanol–water partition coefficient (Wildman–Crippen LogP) is 3.92. The summed E-state index contributed by atoms with van der Waals surface area (Å²) in [7, 11) is 0. The molecule has 4 heteroatoms. The first-order valence-electron chi connectivity index (χ1n) is 7.86. The number of anilines is 1. The molecule has 1 unspecified atom stereocenters. The van der Waals surface area contributed by atoms with Crippen molar-refractivity contribution < 1.29 is 9.59 Å². The van der Waals surface area contributed by atoms with Crippen LogP contribution in [0.4, 0.5) is 5.69 Å². The Balaban J connectivity index is 1.96. The van der Waals surface area contributed by atoms with Gasteiger partial charge >= 0.3 is 0 Å². The first kappa shape index (κ1) is 16.7. The van der Waals surface area contributed by atoms with Crippen molar-refractivity contribution in [3.8, 4) is 0 Å². The largest absolute Gasteiger partial charge is 0.346 e. The molecule has 0 radical (unpaired) electrons. The van der Waals surface area contributed by atoms with Gasteiger partial charge in [-0.1, -0.05) is 37.3 Å². The Morgan fingerprint density at radius 3 is 2.26 bits per heavy atom. The van der Waals surface area contributed by atoms with Crippen molar-refractivity contribution in [2.24, 2.45) is 0 Å². The van der Waals surface area contributed by atoms with Crippen molar-refractivity contribution in [1.82, 2.24) is 5.32 Å². The van der Waals surface area contributed by atoms with Crippen molar-refractivity contribution in [1.29, 1.82) is 0 Å². The van der Waals surface area contributed by atoms with Gasteiger partial charge in [0.1, 0.15) is 0 Å². The van der Waals surface area contributed by atoms with Gasteiger partial charge in [-0.2, -0.15) is 0 Å². The van der Waals surface area contributed by atoms with Crippen LogP contribution >= 0.6 is 0 Å². The monoisotopic (exact) mass is 310 g/mol. The van der Waals surface area contributed by atoms with Gasteiger partial charge in [-0.15, -0.1) is 0 Å². The Morgan fingerprint density at radius 1 is 1.00 bits per heavy atom. The molecule has 0 saturated heterocycles. The fourth-order valence-electron chi connectivity index (χ4n) is 2.26. The normalized spacial score (nSPS) is 11.6. The fourth-order valence-corrected chi connectivity index (χ4v) is 2.26. The second-order valence-corrected chi connectivity index (χ2v) is 5.48. The van der Waals surface area contributed by atoms with Gasteiger partial charge in [-0.3, -0.25) is 9.59 Å². The van der Waals surface area contributed by atoms with Gasteiger partial charge < -0.3 is 10.6 Å². The number of carbonyl (C=O) groups is 2. The maximum atomic E-state index is 12.3. The minimum atomic E-state index is -0.132. The lowest BCUT2D eigenvalue weighted by Gasteiger charge is -2.14. The third-order valence-electron chi connectivity index (χ3n) is 3.56. The highest BCUT2D eigenvalue weighted by Gasteiger charge is 2.11. The molecular formula is C19H22N2O2. The van der Waals surface area contributed by atoms with Crippen LogP contribution in [0.1, 0.15) is 48.7 Å². The summed E-state index contributed by atoms with van der Waals surface area (Å²) in [6.07, 6.45) is 1.31. The molecule has 0 aliphatic heterocycles. The summed E-state index contributed by atoms with van der Waals surface area (Å²) in [5.41, 5.74) is 2.33. The van der Waals surface area contributed by atoms with Crippen molar-refractivity contribution >= 4 is 17.5 Å². The van der Waals surface area contributed by atoms with E-state index in [9.17, 15) is 9.59 Å². The lowest BCUT2D eigenvalue weighted by molar-refractivity contribution is -0.116. The molecule has 0 fully saturated rings. The number of carbonyl (C=O) groups excluding carboxylic acids is 2. The van der Waals surface area contributed by atoms with Gasteiger partial charge in [-0.25, -0.2) is 0 Å². The van der Waals surface area contributed by atoms with E-state index >= 15 is 0 Å². The van der Waals surface area contributed by atoms with Crippen molar-refractivity contribution in [3.05, 3.63) is 65.7 Å². The molecule has 2 rings (SSSR count). The van der Waals surface area contributed by atoms with E-state index in [0.717, 1.165) is 12.0 Å². The van der Waals surface area contributed by atoms with Gasteiger partial charge in [0.05, 0.1) is 6.04 Å². The quantitative estimate of drug-likeness (QED) is 0.849. The van der Waals surface area contributed by atoms with Crippen molar-refractivity contribution in [2.45, 2.75) is 32.7 Å². The van der Waals surface area contributed by atoms with E-state index in [4.69, 9.17) is 0 Å². The SMILES string of the molecule is CCCC(=O)Nc1ccc(C(=O)NC(C)c2ccccc2)cc1. The lowest BCUT2D eigenvalue weighted by Crippen LogP contribution is -2.26. The molecule has 4 nitrogen and oxygen atoms in total. The van der Waals surface area contributed by atoms with Crippen LogP contribution in [0.3, 0.4) is 0 Å². The molecule has 2 aromatic carbocycles. The number of hydrogen-bond acceptors (Lipinski definition) is 2. The minimum absolute atomic E-state index is 0.0117. The molecule has 2 amide bonds. The van der Waals surface area contributed by atoms with E-state index in [1.165, 1.54) is 0 Å². The van der Waals surface area contributed by atoms with Gasteiger partial charge in [0.15, 0.2) is 0 Å². The Kier molecular flexibility index (Phi) is 5.92. The van der Waals surface area contributed by atoms with Gasteiger partial charge in [0.25, 0.3) is 5.91 Å². The first-order valence-corrected chi connectivity index (χ1v) is 7.86. The summed E-state index contributed by atoms with van der Waals surface area (Å²) in [5.74, 6) is -0.143. The number of nitrogens with one attached hydrogen (secondary N) is 2. The summed E-state index contributed by atoms with van der Waals surface area (Å²) in [4.78, 5) is 23.8. The van der Waals surface area contributed by atoms with Crippen LogP contribution in [0.5, 0.6) is 0 Å². The minimum Gasteiger partial charge on any atom is -0.346 e. The molecule has 0 spiro atoms. The Morgan fingerprint density at radius 2 is 1.65 bits per heavy atom. The van der Waals surface area contributed by atoms with E-state index in [1.807, 2.05) is 44.2 Å². The van der Waals surface area contributed by atoms with Crippen molar-refractivity contribution in [2.75, 3.05) is 5.32 Å². The van der Waals surface area contributed by atoms with E-state index in [-0.39, 0.29) is 17.9 Å². The Labute approximate surface area is 136 Å². The Bertz CT molecular complexity index is 651. The molecular weight excluding hydrogens is 288 g/mol. The van der Waals surface area contributed by atoms with Crippen LogP contribution in [0, 0.1) is 0 Å². The zero-order valence-electron chi connectivity index (χ0n) is 13.5. The molecule has 0 saturated carbocycles. The molecule has 23 heavy (non-hydrogen) atoms. The third kappa shape index (κ3) is 4.95. The van der Waals surface area contributed by atoms with Crippen LogP contribution in [0.15, 0.2) is 54.6 Å². The number of amides is 2.